The van der Waals surface area contributed by atoms with Crippen LogP contribution < -0.4 is 15.8 Å². The van der Waals surface area contributed by atoms with Gasteiger partial charge < -0.3 is 20.3 Å². The Morgan fingerprint density at radius 2 is 1.48 bits per heavy atom. The predicted octanol–water partition coefficient (Wildman–Crippen LogP) is 4.16. The van der Waals surface area contributed by atoms with Crippen molar-refractivity contribution in [3.63, 3.8) is 0 Å². The van der Waals surface area contributed by atoms with Gasteiger partial charge in [-0.1, -0.05) is 35.5 Å². The lowest BCUT2D eigenvalue weighted by molar-refractivity contribution is 0.0948. The predicted molar refractivity (Wildman–Crippen MR) is 115 cm³/mol. The Kier molecular flexibility index (Phi) is 5.75. The Morgan fingerprint density at radius 3 is 2.10 bits per heavy atom. The number of nitrogens with one attached hydrogen (secondary N) is 1. The summed E-state index contributed by atoms with van der Waals surface area (Å²) in [5.41, 5.74) is 7.67. The fraction of sp³-hybridized carbons (Fsp3) is 0.0417. The summed E-state index contributed by atoms with van der Waals surface area (Å²) >= 11 is 0. The lowest BCUT2D eigenvalue weighted by atomic mass is 10.1. The molecule has 31 heavy (non-hydrogen) atoms. The van der Waals surface area contributed by atoms with Crippen LogP contribution in [0.15, 0.2) is 89.5 Å². The highest BCUT2D eigenvalue weighted by atomic mass is 16.5. The topological polar surface area (TPSA) is 107 Å². The van der Waals surface area contributed by atoms with Gasteiger partial charge in [-0.05, 0) is 48.5 Å². The first-order chi connectivity index (χ1) is 15.1. The normalized spacial score (nSPS) is 10.5. The average Bonchev–Trinajstić information content (AvgIpc) is 3.28. The van der Waals surface area contributed by atoms with Crippen molar-refractivity contribution in [2.45, 2.75) is 6.54 Å². The van der Waals surface area contributed by atoms with E-state index in [0.29, 0.717) is 34.1 Å². The third kappa shape index (κ3) is 4.97. The zero-order chi connectivity index (χ0) is 21.6. The first-order valence-corrected chi connectivity index (χ1v) is 9.55. The van der Waals surface area contributed by atoms with Crippen LogP contribution in [0.5, 0.6) is 11.5 Å². The number of nitrogens with two attached hydrogens (primary N) is 1. The standard InChI is InChI=1S/C24H19N3O4/c25-23(28)17-6-10-20(11-7-17)30-21-12-8-18(9-13-21)24(29)26-15-19-14-22(31-27-19)16-4-2-1-3-5-16/h1-14H,15H2,(H2,25,28)(H,26,29). The highest BCUT2D eigenvalue weighted by molar-refractivity contribution is 5.94. The number of carbonyl (C=O) groups is 2. The van der Waals surface area contributed by atoms with Gasteiger partial charge in [-0.25, -0.2) is 0 Å². The minimum Gasteiger partial charge on any atom is -0.457 e. The second-order valence-electron chi connectivity index (χ2n) is 6.75. The number of hydrogen-bond acceptors (Lipinski definition) is 5. The summed E-state index contributed by atoms with van der Waals surface area (Å²) in [6.07, 6.45) is 0. The van der Waals surface area contributed by atoms with Gasteiger partial charge in [0, 0.05) is 22.8 Å². The summed E-state index contributed by atoms with van der Waals surface area (Å²) in [5, 5.41) is 6.82. The first-order valence-electron chi connectivity index (χ1n) is 9.55. The van der Waals surface area contributed by atoms with Crippen molar-refractivity contribution < 1.29 is 18.8 Å². The maximum Gasteiger partial charge on any atom is 0.251 e. The van der Waals surface area contributed by atoms with E-state index < -0.39 is 5.91 Å². The second-order valence-corrected chi connectivity index (χ2v) is 6.75. The van der Waals surface area contributed by atoms with Gasteiger partial charge in [0.2, 0.25) is 5.91 Å². The molecular weight excluding hydrogens is 394 g/mol. The molecule has 0 aliphatic heterocycles. The molecule has 0 unspecified atom stereocenters. The minimum absolute atomic E-state index is 0.235. The van der Waals surface area contributed by atoms with Crippen molar-refractivity contribution in [2.24, 2.45) is 5.73 Å². The maximum atomic E-state index is 12.4. The van der Waals surface area contributed by atoms with Crippen molar-refractivity contribution in [1.82, 2.24) is 10.5 Å². The minimum atomic E-state index is -0.496. The number of hydrogen-bond donors (Lipinski definition) is 2. The highest BCUT2D eigenvalue weighted by Crippen LogP contribution is 2.22. The van der Waals surface area contributed by atoms with Crippen LogP contribution in [0.3, 0.4) is 0 Å². The molecule has 0 fully saturated rings. The van der Waals surface area contributed by atoms with E-state index in [1.807, 2.05) is 30.3 Å². The Balaban J connectivity index is 1.33. The number of benzene rings is 3. The molecule has 4 aromatic rings. The number of primary amides is 1. The first kappa shape index (κ1) is 19.9. The molecule has 1 heterocycles. The molecule has 1 aromatic heterocycles. The fourth-order valence-electron chi connectivity index (χ4n) is 2.90. The van der Waals surface area contributed by atoms with Crippen LogP contribution in [0.2, 0.25) is 0 Å². The molecule has 7 nitrogen and oxygen atoms in total. The summed E-state index contributed by atoms with van der Waals surface area (Å²) in [6, 6.07) is 24.6. The van der Waals surface area contributed by atoms with Gasteiger partial charge in [0.25, 0.3) is 5.91 Å². The Morgan fingerprint density at radius 1 is 0.871 bits per heavy atom. The molecule has 0 aliphatic rings. The van der Waals surface area contributed by atoms with Crippen LogP contribution in [-0.4, -0.2) is 17.0 Å². The summed E-state index contributed by atoms with van der Waals surface area (Å²) in [5.74, 6) is 1.04. The summed E-state index contributed by atoms with van der Waals surface area (Å²) in [4.78, 5) is 23.5. The van der Waals surface area contributed by atoms with Crippen molar-refractivity contribution in [3.05, 3.63) is 102 Å². The van der Waals surface area contributed by atoms with Gasteiger partial charge in [-0.15, -0.1) is 0 Å². The average molecular weight is 413 g/mol. The van der Waals surface area contributed by atoms with E-state index in [1.165, 1.54) is 0 Å². The van der Waals surface area contributed by atoms with E-state index in [4.69, 9.17) is 15.0 Å². The molecule has 3 aromatic carbocycles. The molecule has 0 saturated heterocycles. The molecule has 7 heteroatoms. The van der Waals surface area contributed by atoms with Crippen molar-refractivity contribution in [3.8, 4) is 22.8 Å². The molecule has 2 amide bonds. The van der Waals surface area contributed by atoms with E-state index in [-0.39, 0.29) is 12.5 Å². The smallest absolute Gasteiger partial charge is 0.251 e. The molecule has 0 spiro atoms. The molecule has 4 rings (SSSR count). The van der Waals surface area contributed by atoms with Crippen LogP contribution in [0, 0.1) is 0 Å². The number of aromatic nitrogens is 1. The fourth-order valence-corrected chi connectivity index (χ4v) is 2.90. The third-order valence-corrected chi connectivity index (χ3v) is 4.54. The van der Waals surface area contributed by atoms with Gasteiger partial charge in [0.15, 0.2) is 5.76 Å². The monoisotopic (exact) mass is 413 g/mol. The zero-order valence-electron chi connectivity index (χ0n) is 16.4. The van der Waals surface area contributed by atoms with Gasteiger partial charge >= 0.3 is 0 Å². The van der Waals surface area contributed by atoms with Crippen LogP contribution in [-0.2, 0) is 6.54 Å². The molecule has 0 radical (unpaired) electrons. The number of carbonyl (C=O) groups excluding carboxylic acids is 2. The van der Waals surface area contributed by atoms with Crippen molar-refractivity contribution in [2.75, 3.05) is 0 Å². The van der Waals surface area contributed by atoms with E-state index in [0.717, 1.165) is 5.56 Å². The van der Waals surface area contributed by atoms with Crippen molar-refractivity contribution in [1.29, 1.82) is 0 Å². The zero-order valence-corrected chi connectivity index (χ0v) is 16.4. The molecule has 0 bridgehead atoms. The van der Waals surface area contributed by atoms with Crippen molar-refractivity contribution >= 4 is 11.8 Å². The largest absolute Gasteiger partial charge is 0.457 e. The Bertz CT molecular complexity index is 1180. The van der Waals surface area contributed by atoms with E-state index in [2.05, 4.69) is 10.5 Å². The number of nitrogens with zero attached hydrogens (tertiary/aromatic N) is 1. The van der Waals surface area contributed by atoms with E-state index in [1.54, 1.807) is 54.6 Å². The molecule has 0 atom stereocenters. The van der Waals surface area contributed by atoms with E-state index >= 15 is 0 Å². The Hall–Kier alpha value is -4.39. The lowest BCUT2D eigenvalue weighted by Gasteiger charge is -2.07. The van der Waals surface area contributed by atoms with Crippen LogP contribution >= 0.6 is 0 Å². The van der Waals surface area contributed by atoms with E-state index in [9.17, 15) is 9.59 Å². The SMILES string of the molecule is NC(=O)c1ccc(Oc2ccc(C(=O)NCc3cc(-c4ccccc4)on3)cc2)cc1. The lowest BCUT2D eigenvalue weighted by Crippen LogP contribution is -2.22. The number of ether oxygens (including phenoxy) is 1. The summed E-state index contributed by atoms with van der Waals surface area (Å²) < 4.78 is 11.1. The molecule has 3 N–H and O–H groups in total. The summed E-state index contributed by atoms with van der Waals surface area (Å²) in [6.45, 7) is 0.250. The highest BCUT2D eigenvalue weighted by Gasteiger charge is 2.10. The van der Waals surface area contributed by atoms with Crippen LogP contribution in [0.25, 0.3) is 11.3 Å². The quantitative estimate of drug-likeness (QED) is 0.473. The molecule has 0 aliphatic carbocycles. The van der Waals surface area contributed by atoms with Crippen LogP contribution in [0.1, 0.15) is 26.4 Å². The van der Waals surface area contributed by atoms with Gasteiger partial charge in [0.05, 0.1) is 6.54 Å². The second kappa shape index (κ2) is 8.96. The molecule has 0 saturated carbocycles. The maximum absolute atomic E-state index is 12.4. The molecular formula is C24H19N3O4. The third-order valence-electron chi connectivity index (χ3n) is 4.54. The number of amides is 2. The summed E-state index contributed by atoms with van der Waals surface area (Å²) in [7, 11) is 0. The van der Waals surface area contributed by atoms with Crippen LogP contribution in [0.4, 0.5) is 0 Å². The van der Waals surface area contributed by atoms with Gasteiger partial charge in [0.1, 0.15) is 17.2 Å². The van der Waals surface area contributed by atoms with Gasteiger partial charge in [-0.2, -0.15) is 0 Å². The Labute approximate surface area is 178 Å². The number of rotatable bonds is 7. The molecule has 154 valence electrons. The van der Waals surface area contributed by atoms with Gasteiger partial charge in [-0.3, -0.25) is 9.59 Å².